The van der Waals surface area contributed by atoms with Crippen LogP contribution in [0.1, 0.15) is 10.4 Å². The number of halogens is 1. The van der Waals surface area contributed by atoms with Crippen molar-refractivity contribution in [2.45, 2.75) is 6.04 Å². The summed E-state index contributed by atoms with van der Waals surface area (Å²) in [6, 6.07) is 3.12. The van der Waals surface area contributed by atoms with Crippen LogP contribution in [0.3, 0.4) is 0 Å². The van der Waals surface area contributed by atoms with Gasteiger partial charge in [-0.25, -0.2) is 12.8 Å². The van der Waals surface area contributed by atoms with E-state index in [2.05, 4.69) is 9.50 Å². The van der Waals surface area contributed by atoms with Gasteiger partial charge in [0.05, 0.1) is 43.8 Å². The second-order valence-electron chi connectivity index (χ2n) is 7.34. The summed E-state index contributed by atoms with van der Waals surface area (Å²) in [5, 5.41) is 2.38. The summed E-state index contributed by atoms with van der Waals surface area (Å²) in [7, 11) is -11.5. The van der Waals surface area contributed by atoms with Gasteiger partial charge in [-0.05, 0) is 24.3 Å². The fourth-order valence-electron chi connectivity index (χ4n) is 2.67. The summed E-state index contributed by atoms with van der Waals surface area (Å²) < 4.78 is 95.4. The molecule has 17 heteroatoms. The molecule has 0 saturated carbocycles. The third kappa shape index (κ3) is 14.1. The summed E-state index contributed by atoms with van der Waals surface area (Å²) >= 11 is 0. The minimum absolute atomic E-state index is 0.0500. The highest BCUT2D eigenvalue weighted by molar-refractivity contribution is 7.91. The summed E-state index contributed by atoms with van der Waals surface area (Å²) in [6.07, 6.45) is 1.50. The Bertz CT molecular complexity index is 1170. The van der Waals surface area contributed by atoms with Gasteiger partial charge in [0.1, 0.15) is 11.9 Å². The highest BCUT2D eigenvalue weighted by atomic mass is 32.2. The molecule has 0 aliphatic carbocycles. The second-order valence-corrected chi connectivity index (χ2v) is 12.7. The van der Waals surface area contributed by atoms with E-state index >= 15 is 0 Å². The first-order valence-electron chi connectivity index (χ1n) is 9.87. The van der Waals surface area contributed by atoms with Crippen LogP contribution in [0.4, 0.5) is 4.39 Å². The van der Waals surface area contributed by atoms with Crippen LogP contribution in [-0.2, 0) is 43.8 Å². The summed E-state index contributed by atoms with van der Waals surface area (Å²) in [4.78, 5) is 26.7. The molecule has 0 spiro atoms. The van der Waals surface area contributed by atoms with E-state index < -0.39 is 71.9 Å². The quantitative estimate of drug-likeness (QED) is 0.268. The molecule has 0 unspecified atom stereocenters. The maximum absolute atomic E-state index is 13.1. The van der Waals surface area contributed by atoms with Crippen molar-refractivity contribution >= 4 is 41.9 Å². The predicted molar refractivity (Wildman–Crippen MR) is 122 cm³/mol. The molecule has 1 aliphatic rings. The normalized spacial score (nSPS) is 15.5. The van der Waals surface area contributed by atoms with Gasteiger partial charge in [-0.3, -0.25) is 18.3 Å². The molecule has 0 radical (unpaired) electrons. The molecule has 1 atom stereocenters. The monoisotopic (exact) mass is 562 g/mol. The van der Waals surface area contributed by atoms with Crippen LogP contribution in [0.5, 0.6) is 0 Å². The molecule has 35 heavy (non-hydrogen) atoms. The van der Waals surface area contributed by atoms with Crippen molar-refractivity contribution in [2.75, 3.05) is 56.9 Å². The van der Waals surface area contributed by atoms with Crippen molar-refractivity contribution in [3.8, 4) is 0 Å². The molecule has 1 aliphatic heterocycles. The predicted octanol–water partition coefficient (Wildman–Crippen LogP) is -1.32. The maximum atomic E-state index is 13.1. The van der Waals surface area contributed by atoms with Crippen molar-refractivity contribution in [1.82, 2.24) is 10.2 Å². The number of sulfone groups is 1. The molecule has 2 N–H and O–H groups in total. The molecule has 2 amide bonds. The molecular formula is C18H27FN2O11S3. The van der Waals surface area contributed by atoms with Crippen LogP contribution >= 0.6 is 0 Å². The van der Waals surface area contributed by atoms with Crippen LogP contribution in [0.15, 0.2) is 24.3 Å². The summed E-state index contributed by atoms with van der Waals surface area (Å²) in [6.45, 7) is 0.419. The Morgan fingerprint density at radius 2 is 1.60 bits per heavy atom. The minimum atomic E-state index is -3.96. The number of nitrogens with zero attached hydrogens (tertiary/aromatic N) is 1. The first-order valence-corrected chi connectivity index (χ1v) is 15.4. The van der Waals surface area contributed by atoms with Crippen LogP contribution in [-0.4, -0.2) is 109 Å². The molecule has 2 rings (SSSR count). The summed E-state index contributed by atoms with van der Waals surface area (Å²) in [5.74, 6) is -3.31. The second kappa shape index (κ2) is 13.2. The fraction of sp³-hybridized carbons (Fsp3) is 0.556. The number of carbonyl (C=O) groups is 2. The van der Waals surface area contributed by atoms with E-state index in [1.54, 1.807) is 0 Å². The van der Waals surface area contributed by atoms with Crippen LogP contribution in [0, 0.1) is 5.82 Å². The Labute approximate surface area is 203 Å². The number of nitrogens with one attached hydrogen (secondary N) is 1. The van der Waals surface area contributed by atoms with Gasteiger partial charge in [-0.15, -0.1) is 0 Å². The number of rotatable bonds is 9. The molecule has 13 nitrogen and oxygen atoms in total. The van der Waals surface area contributed by atoms with Crippen molar-refractivity contribution in [3.05, 3.63) is 35.6 Å². The van der Waals surface area contributed by atoms with Gasteiger partial charge < -0.3 is 15.0 Å². The van der Waals surface area contributed by atoms with Crippen LogP contribution in [0.2, 0.25) is 0 Å². The zero-order valence-corrected chi connectivity index (χ0v) is 21.4. The van der Waals surface area contributed by atoms with Crippen molar-refractivity contribution in [1.29, 1.82) is 0 Å². The van der Waals surface area contributed by atoms with Gasteiger partial charge >= 0.3 is 0 Å². The lowest BCUT2D eigenvalue weighted by molar-refractivity contribution is -0.136. The minimum Gasteiger partial charge on any atom is -0.378 e. The molecule has 1 aromatic carbocycles. The molecule has 200 valence electrons. The van der Waals surface area contributed by atoms with E-state index in [1.165, 1.54) is 17.0 Å². The van der Waals surface area contributed by atoms with E-state index in [1.807, 2.05) is 0 Å². The number of hydrogen-bond acceptors (Lipinski definition) is 10. The number of amides is 2. The lowest BCUT2D eigenvalue weighted by Gasteiger charge is -2.30. The molecule has 1 heterocycles. The van der Waals surface area contributed by atoms with Gasteiger partial charge in [0.2, 0.25) is 5.91 Å². The van der Waals surface area contributed by atoms with Crippen molar-refractivity contribution in [3.63, 3.8) is 0 Å². The topological polar surface area (TPSA) is 191 Å². The van der Waals surface area contributed by atoms with Gasteiger partial charge in [-0.1, -0.05) is 0 Å². The molecule has 0 bridgehead atoms. The Balaban J connectivity index is 0.00000111. The third-order valence-electron chi connectivity index (χ3n) is 4.14. The lowest BCUT2D eigenvalue weighted by atomic mass is 10.2. The van der Waals surface area contributed by atoms with Crippen LogP contribution < -0.4 is 5.32 Å². The molecule has 1 fully saturated rings. The van der Waals surface area contributed by atoms with E-state index in [-0.39, 0.29) is 31.9 Å². The van der Waals surface area contributed by atoms with Gasteiger partial charge in [0.15, 0.2) is 9.84 Å². The smallest absolute Gasteiger partial charge is 0.264 e. The van der Waals surface area contributed by atoms with Crippen molar-refractivity contribution < 1.29 is 52.7 Å². The number of hydrogen-bond donors (Lipinski definition) is 2. The standard InChI is InChI=1S/C17H23FN2O8S2.CH4O3S/c1-29(23,24)28-10-11-30(25,26)12-15(17(22)20-6-8-27-9-7-20)19-16(21)13-2-4-14(18)5-3-13;1-5(2,3)4/h2-5,15H,6-12H2,1H3,(H,19,21);1H3,(H,2,3,4)/t15-;/m0./s1. The maximum Gasteiger partial charge on any atom is 0.264 e. The van der Waals surface area contributed by atoms with Crippen molar-refractivity contribution in [2.24, 2.45) is 0 Å². The highest BCUT2D eigenvalue weighted by Crippen LogP contribution is 2.08. The van der Waals surface area contributed by atoms with E-state index in [4.69, 9.17) is 9.29 Å². The zero-order chi connectivity index (χ0) is 26.9. The molecule has 1 aromatic rings. The van der Waals surface area contributed by atoms with E-state index in [0.29, 0.717) is 6.26 Å². The molecule has 0 aromatic heterocycles. The zero-order valence-electron chi connectivity index (χ0n) is 18.9. The fourth-order valence-corrected chi connectivity index (χ4v) is 4.40. The number of morpholine rings is 1. The average Bonchev–Trinajstić information content (AvgIpc) is 2.71. The number of carbonyl (C=O) groups excluding carboxylic acids is 2. The first-order chi connectivity index (χ1) is 16.0. The number of ether oxygens (including phenoxy) is 1. The molecular weight excluding hydrogens is 535 g/mol. The van der Waals surface area contributed by atoms with Gasteiger partial charge in [-0.2, -0.15) is 16.8 Å². The van der Waals surface area contributed by atoms with E-state index in [9.17, 15) is 39.2 Å². The number of benzene rings is 1. The summed E-state index contributed by atoms with van der Waals surface area (Å²) in [5.41, 5.74) is 0.0500. The Morgan fingerprint density at radius 1 is 1.09 bits per heavy atom. The largest absolute Gasteiger partial charge is 0.378 e. The Kier molecular flexibility index (Phi) is 11.7. The average molecular weight is 563 g/mol. The van der Waals surface area contributed by atoms with E-state index in [0.717, 1.165) is 18.4 Å². The lowest BCUT2D eigenvalue weighted by Crippen LogP contribution is -2.54. The molecule has 1 saturated heterocycles. The van der Waals surface area contributed by atoms with Crippen LogP contribution in [0.25, 0.3) is 0 Å². The third-order valence-corrected chi connectivity index (χ3v) is 6.37. The van der Waals surface area contributed by atoms with Gasteiger partial charge in [0.25, 0.3) is 26.1 Å². The SMILES string of the molecule is CS(=O)(=O)O.CS(=O)(=O)OCCS(=O)(=O)C[C@H](NC(=O)c1ccc(F)cc1)C(=O)N1CCOCC1. The highest BCUT2D eigenvalue weighted by Gasteiger charge is 2.32. The van der Waals surface area contributed by atoms with Gasteiger partial charge in [0, 0.05) is 18.7 Å². The first kappa shape index (κ1) is 30.9. The Morgan fingerprint density at radius 3 is 2.09 bits per heavy atom. The Hall–Kier alpha value is -2.18.